The molecule has 24 nitrogen and oxygen atoms in total. The van der Waals surface area contributed by atoms with Gasteiger partial charge in [-0.25, -0.2) is 0 Å². The van der Waals surface area contributed by atoms with Gasteiger partial charge in [0, 0.05) is 74.8 Å². The summed E-state index contributed by atoms with van der Waals surface area (Å²) in [5.74, 6) is -11.0. The Morgan fingerprint density at radius 3 is 1.82 bits per heavy atom. The third-order valence-corrected chi connectivity index (χ3v) is 22.5. The van der Waals surface area contributed by atoms with E-state index in [0.717, 1.165) is 37.0 Å². The summed E-state index contributed by atoms with van der Waals surface area (Å²) < 4.78 is 41.9. The number of hydrogen-bond acceptors (Lipinski definition) is 12. The molecule has 12 amide bonds. The molecule has 0 bridgehead atoms. The number of halogens is 4. The van der Waals surface area contributed by atoms with Crippen LogP contribution in [0.2, 0.25) is 0 Å². The predicted molar refractivity (Wildman–Crippen MR) is 358 cm³/mol. The van der Waals surface area contributed by atoms with E-state index >= 15 is 14.4 Å². The van der Waals surface area contributed by atoms with Crippen molar-refractivity contribution in [2.24, 2.45) is 35.5 Å². The molecule has 6 fully saturated rings. The number of fused-ring (bicyclic) bond motifs is 2. The number of nitrogens with one attached hydrogen (secondary N) is 3. The lowest BCUT2D eigenvalue weighted by atomic mass is 9.78. The molecule has 0 aromatic heterocycles. The van der Waals surface area contributed by atoms with Gasteiger partial charge in [-0.15, -0.1) is 11.6 Å². The van der Waals surface area contributed by atoms with Crippen LogP contribution in [0.1, 0.15) is 183 Å². The molecule has 3 heterocycles. The molecule has 1 spiro atoms. The van der Waals surface area contributed by atoms with Gasteiger partial charge in [-0.2, -0.15) is 13.2 Å². The highest BCUT2D eigenvalue weighted by molar-refractivity contribution is 6.21. The number of alkyl halides is 4. The third kappa shape index (κ3) is 19.0. The SMILES string of the molecule is CC[C@H](C)[C@@H]1NC(=O)[C@H](CC(C)C)N(C)C(=O)C[C@@H](C(=O)N(C)C)N(C)C(=O)[C@H](C(C)C)N(C)C(=O)C2(CCCC2)NC(=O)[C@@H]2CCCN2C(=O)[C@H](CCC2CCC(C(F)(F)F)C(Cl)C2)NC(=O)CN(C)C(=O)[C@H](CC2CCCCC2)N(C)C(=O)[C@@H]2CCN2C(=O)[C@H](C)N(C)C1=O. The van der Waals surface area contributed by atoms with Gasteiger partial charge in [-0.05, 0) is 114 Å². The highest BCUT2D eigenvalue weighted by Gasteiger charge is 2.52. The van der Waals surface area contributed by atoms with Crippen LogP contribution in [0.5, 0.6) is 0 Å². The Morgan fingerprint density at radius 2 is 1.27 bits per heavy atom. The summed E-state index contributed by atoms with van der Waals surface area (Å²) in [6, 6.07) is -10.9. The lowest BCUT2D eigenvalue weighted by Crippen LogP contribution is -2.65. The highest BCUT2D eigenvalue weighted by Crippen LogP contribution is 2.44. The molecule has 3 saturated heterocycles. The molecule has 13 atom stereocenters. The quantitative estimate of drug-likeness (QED) is 0.226. The van der Waals surface area contributed by atoms with E-state index in [9.17, 15) is 56.3 Å². The van der Waals surface area contributed by atoms with Crippen molar-refractivity contribution in [2.75, 3.05) is 76.0 Å². The lowest BCUT2D eigenvalue weighted by Gasteiger charge is -2.45. The van der Waals surface area contributed by atoms with E-state index in [1.807, 2.05) is 20.8 Å². The van der Waals surface area contributed by atoms with Gasteiger partial charge < -0.3 is 60.0 Å². The maximum atomic E-state index is 15.3. The second-order valence-corrected chi connectivity index (χ2v) is 30.5. The summed E-state index contributed by atoms with van der Waals surface area (Å²) in [6.07, 6.45) is 2.21. The van der Waals surface area contributed by atoms with Crippen LogP contribution in [-0.2, 0) is 57.5 Å². The Labute approximate surface area is 577 Å². The second kappa shape index (κ2) is 34.2. The van der Waals surface area contributed by atoms with Gasteiger partial charge in [-0.3, -0.25) is 57.5 Å². The molecule has 3 saturated carbocycles. The fraction of sp³-hybridized carbons (Fsp3) is 0.826. The van der Waals surface area contributed by atoms with E-state index in [4.69, 9.17) is 11.6 Å². The fourth-order valence-corrected chi connectivity index (χ4v) is 16.0. The van der Waals surface area contributed by atoms with Gasteiger partial charge in [0.1, 0.15) is 59.9 Å². The molecule has 97 heavy (non-hydrogen) atoms. The van der Waals surface area contributed by atoms with Crippen molar-refractivity contribution in [2.45, 2.75) is 255 Å². The highest BCUT2D eigenvalue weighted by atomic mass is 35.5. The number of amides is 12. The van der Waals surface area contributed by atoms with E-state index < -0.39 is 173 Å². The van der Waals surface area contributed by atoms with Crippen LogP contribution in [0.25, 0.3) is 0 Å². The zero-order valence-corrected chi connectivity index (χ0v) is 60.9. The zero-order chi connectivity index (χ0) is 72.5. The number of likely N-dealkylation sites (N-methyl/N-ethyl adjacent to an activating group) is 7. The summed E-state index contributed by atoms with van der Waals surface area (Å²) in [5.41, 5.74) is -1.57. The molecule has 6 aliphatic rings. The molecule has 548 valence electrons. The maximum absolute atomic E-state index is 15.3. The molecule has 0 aromatic carbocycles. The van der Waals surface area contributed by atoms with Gasteiger partial charge in [0.25, 0.3) is 0 Å². The Balaban J connectivity index is 1.41. The average Bonchev–Trinajstić information content (AvgIpc) is 1.70. The summed E-state index contributed by atoms with van der Waals surface area (Å²) >= 11 is 6.39. The number of hydrogen-bond donors (Lipinski definition) is 3. The first kappa shape index (κ1) is 79.7. The number of rotatable bonds is 11. The first-order valence-electron chi connectivity index (χ1n) is 35.4. The monoisotopic (exact) mass is 1390 g/mol. The molecule has 6 rings (SSSR count). The van der Waals surface area contributed by atoms with E-state index in [2.05, 4.69) is 16.0 Å². The van der Waals surface area contributed by atoms with Crippen LogP contribution in [0.15, 0.2) is 0 Å². The summed E-state index contributed by atoms with van der Waals surface area (Å²) in [7, 11) is 11.5. The van der Waals surface area contributed by atoms with E-state index in [1.54, 1.807) is 20.8 Å². The third-order valence-electron chi connectivity index (χ3n) is 22.0. The van der Waals surface area contributed by atoms with E-state index in [0.29, 0.717) is 25.7 Å². The molecule has 3 N–H and O–H groups in total. The Bertz CT molecular complexity index is 2850. The Hall–Kier alpha value is -6.28. The maximum Gasteiger partial charge on any atom is 0.393 e. The molecule has 28 heteroatoms. The zero-order valence-electron chi connectivity index (χ0n) is 60.1. The minimum absolute atomic E-state index is 0.00146. The van der Waals surface area contributed by atoms with Gasteiger partial charge >= 0.3 is 6.18 Å². The van der Waals surface area contributed by atoms with Crippen LogP contribution in [0.3, 0.4) is 0 Å². The molecule has 0 radical (unpaired) electrons. The largest absolute Gasteiger partial charge is 0.393 e. The van der Waals surface area contributed by atoms with Crippen LogP contribution in [0, 0.1) is 35.5 Å². The fourth-order valence-electron chi connectivity index (χ4n) is 15.5. The van der Waals surface area contributed by atoms with Crippen LogP contribution < -0.4 is 16.0 Å². The van der Waals surface area contributed by atoms with Crippen LogP contribution >= 0.6 is 11.6 Å². The van der Waals surface area contributed by atoms with Crippen molar-refractivity contribution in [1.82, 2.24) is 60.0 Å². The minimum Gasteiger partial charge on any atom is -0.347 e. The second-order valence-electron chi connectivity index (χ2n) is 29.9. The molecule has 0 aromatic rings. The van der Waals surface area contributed by atoms with Gasteiger partial charge in [0.15, 0.2) is 0 Å². The average molecular weight is 1390 g/mol. The topological polar surface area (TPSA) is 270 Å². The molecule has 3 aliphatic carbocycles. The summed E-state index contributed by atoms with van der Waals surface area (Å²) in [6.45, 7) is 11.9. The Morgan fingerprint density at radius 1 is 0.639 bits per heavy atom. The van der Waals surface area contributed by atoms with Crippen LogP contribution in [-0.4, -0.2) is 262 Å². The van der Waals surface area contributed by atoms with Crippen molar-refractivity contribution in [3.05, 3.63) is 0 Å². The minimum atomic E-state index is -4.51. The van der Waals surface area contributed by atoms with E-state index in [1.165, 1.54) is 103 Å². The van der Waals surface area contributed by atoms with Gasteiger partial charge in [-0.1, -0.05) is 92.9 Å². The molecule has 3 unspecified atom stereocenters. The van der Waals surface area contributed by atoms with Crippen molar-refractivity contribution in [1.29, 1.82) is 0 Å². The molecular weight excluding hydrogens is 1280 g/mol. The normalized spacial score (nSPS) is 30.6. The Kier molecular flexibility index (Phi) is 28.1. The van der Waals surface area contributed by atoms with E-state index in [-0.39, 0.29) is 101 Å². The van der Waals surface area contributed by atoms with Crippen LogP contribution in [0.4, 0.5) is 13.2 Å². The van der Waals surface area contributed by atoms with Crippen molar-refractivity contribution < 1.29 is 70.7 Å². The first-order valence-corrected chi connectivity index (χ1v) is 35.8. The lowest BCUT2D eigenvalue weighted by molar-refractivity contribution is -0.182. The van der Waals surface area contributed by atoms with Crippen molar-refractivity contribution in [3.63, 3.8) is 0 Å². The van der Waals surface area contributed by atoms with Gasteiger partial charge in [0.2, 0.25) is 70.9 Å². The molecule has 3 aliphatic heterocycles. The first-order chi connectivity index (χ1) is 45.4. The predicted octanol–water partition coefficient (Wildman–Crippen LogP) is 5.17. The number of carbonyl (C=O) groups excluding carboxylic acids is 12. The standard InChI is InChI=1S/C69H112ClF3N12O12/c1-16-42(6)56-65(95)79(11)43(7)60(90)85-34-30-50(85)64(94)81(13)52(37-44-23-18-17-19-24-44)63(93)78(10)39-54(86)74-48(29-27-45-26-28-46(47(70)36-45)69(71,72)73)61(91)84-33-22-25-49(84)59(89)76-68(31-20-21-32-68)67(97)83(15)57(41(4)5)66(96)82(14)53(62(92)77(8)9)38-55(87)80(12)51(35-40(2)3)58(88)75-56/h40-53,56-57H,16-39H2,1-15H3,(H,74,86)(H,75,88)(H,76,89)/t42-,43-,45?,46?,47?,48-,49-,50-,51-,52-,53-,56-,57-/m0/s1. The number of carbonyl (C=O) groups is 12. The molecular formula is C69H112ClF3N12O12. The number of nitrogens with zero attached hydrogens (tertiary/aromatic N) is 9. The summed E-state index contributed by atoms with van der Waals surface area (Å²) in [4.78, 5) is 189. The van der Waals surface area contributed by atoms with Crippen molar-refractivity contribution in [3.8, 4) is 0 Å². The van der Waals surface area contributed by atoms with Crippen molar-refractivity contribution >= 4 is 82.5 Å². The van der Waals surface area contributed by atoms with Gasteiger partial charge in [0.05, 0.1) is 18.9 Å². The summed E-state index contributed by atoms with van der Waals surface area (Å²) in [5, 5.41) is 7.54. The smallest absolute Gasteiger partial charge is 0.347 e.